The Kier molecular flexibility index (Phi) is 5.58. The molecule has 2 heterocycles. The van der Waals surface area contributed by atoms with Gasteiger partial charge in [0.25, 0.3) is 5.91 Å². The summed E-state index contributed by atoms with van der Waals surface area (Å²) < 4.78 is 17.4. The summed E-state index contributed by atoms with van der Waals surface area (Å²) in [6, 6.07) is 10.7. The molecule has 1 amide bonds. The van der Waals surface area contributed by atoms with E-state index in [0.29, 0.717) is 39.9 Å². The van der Waals surface area contributed by atoms with Crippen LogP contribution in [0.25, 0.3) is 0 Å². The maximum atomic E-state index is 13.5. The van der Waals surface area contributed by atoms with E-state index in [1.54, 1.807) is 29.2 Å². The van der Waals surface area contributed by atoms with Crippen molar-refractivity contribution >= 4 is 29.2 Å². The first-order chi connectivity index (χ1) is 14.6. The standard InChI is InChI=1S/C23H24ClNO6/c1-23(2,3)11-25-16-8-7-13(24)9-15(16)20(31-18(22(25)28)10-19(26)27)14-5-4-6-17-21(14)30-12-29-17/h4-9,18,20H,10-12H2,1-3H3,(H,26,27). The molecule has 0 saturated heterocycles. The molecule has 4 rings (SSSR count). The molecular weight excluding hydrogens is 422 g/mol. The summed E-state index contributed by atoms with van der Waals surface area (Å²) in [4.78, 5) is 26.6. The molecule has 1 N–H and O–H groups in total. The van der Waals surface area contributed by atoms with Gasteiger partial charge < -0.3 is 24.2 Å². The molecule has 2 unspecified atom stereocenters. The van der Waals surface area contributed by atoms with Crippen molar-refractivity contribution in [2.75, 3.05) is 18.2 Å². The van der Waals surface area contributed by atoms with Crippen LogP contribution >= 0.6 is 11.6 Å². The lowest BCUT2D eigenvalue weighted by molar-refractivity contribution is -0.147. The van der Waals surface area contributed by atoms with Crippen molar-refractivity contribution in [1.82, 2.24) is 0 Å². The molecule has 8 heteroatoms. The molecule has 0 bridgehead atoms. The van der Waals surface area contributed by atoms with Crippen molar-refractivity contribution in [2.24, 2.45) is 5.41 Å². The van der Waals surface area contributed by atoms with Gasteiger partial charge in [0.2, 0.25) is 6.79 Å². The number of benzene rings is 2. The maximum absolute atomic E-state index is 13.5. The molecule has 7 nitrogen and oxygen atoms in total. The fourth-order valence-electron chi connectivity index (χ4n) is 3.90. The number of hydrogen-bond acceptors (Lipinski definition) is 5. The second-order valence-electron chi connectivity index (χ2n) is 8.87. The summed E-state index contributed by atoms with van der Waals surface area (Å²) in [5, 5.41) is 9.93. The first kappa shape index (κ1) is 21.5. The Balaban J connectivity index is 1.91. The molecular formula is C23H24ClNO6. The Morgan fingerprint density at radius 3 is 2.68 bits per heavy atom. The van der Waals surface area contributed by atoms with Crippen LogP contribution in [0.3, 0.4) is 0 Å². The highest BCUT2D eigenvalue weighted by Gasteiger charge is 2.40. The van der Waals surface area contributed by atoms with Gasteiger partial charge in [0.15, 0.2) is 11.5 Å². The monoisotopic (exact) mass is 445 g/mol. The van der Waals surface area contributed by atoms with Crippen LogP contribution in [0.2, 0.25) is 5.02 Å². The molecule has 2 aliphatic rings. The number of amides is 1. The lowest BCUT2D eigenvalue weighted by atomic mass is 9.94. The van der Waals surface area contributed by atoms with Crippen molar-refractivity contribution in [1.29, 1.82) is 0 Å². The molecule has 2 aromatic carbocycles. The molecule has 0 aromatic heterocycles. The zero-order chi connectivity index (χ0) is 22.3. The Labute approximate surface area is 185 Å². The first-order valence-electron chi connectivity index (χ1n) is 10.0. The highest BCUT2D eigenvalue weighted by molar-refractivity contribution is 6.30. The number of carbonyl (C=O) groups excluding carboxylic acids is 1. The summed E-state index contributed by atoms with van der Waals surface area (Å²) in [5.74, 6) is -0.423. The van der Waals surface area contributed by atoms with E-state index in [1.807, 2.05) is 32.9 Å². The van der Waals surface area contributed by atoms with E-state index in [4.69, 9.17) is 25.8 Å². The zero-order valence-electron chi connectivity index (χ0n) is 17.6. The molecule has 2 aliphatic heterocycles. The highest BCUT2D eigenvalue weighted by Crippen LogP contribution is 2.46. The predicted molar refractivity (Wildman–Crippen MR) is 115 cm³/mol. The van der Waals surface area contributed by atoms with Crippen LogP contribution in [0, 0.1) is 5.41 Å². The van der Waals surface area contributed by atoms with E-state index < -0.39 is 30.5 Å². The van der Waals surface area contributed by atoms with Gasteiger partial charge in [0.1, 0.15) is 12.2 Å². The third-order valence-corrected chi connectivity index (χ3v) is 5.34. The number of carbonyl (C=O) groups is 2. The lowest BCUT2D eigenvalue weighted by Crippen LogP contribution is -2.44. The number of aliphatic carboxylic acids is 1. The normalized spacial score (nSPS) is 20.4. The molecule has 2 atom stereocenters. The maximum Gasteiger partial charge on any atom is 0.306 e. The molecule has 0 fully saturated rings. The van der Waals surface area contributed by atoms with E-state index in [9.17, 15) is 14.7 Å². The molecule has 164 valence electrons. The third-order valence-electron chi connectivity index (χ3n) is 5.11. The van der Waals surface area contributed by atoms with Crippen molar-refractivity contribution in [3.63, 3.8) is 0 Å². The fraction of sp³-hybridized carbons (Fsp3) is 0.391. The number of carboxylic acids is 1. The molecule has 2 aromatic rings. The first-order valence-corrected chi connectivity index (χ1v) is 10.4. The average molecular weight is 446 g/mol. The van der Waals surface area contributed by atoms with Gasteiger partial charge in [-0.25, -0.2) is 0 Å². The van der Waals surface area contributed by atoms with E-state index >= 15 is 0 Å². The minimum atomic E-state index is -1.17. The summed E-state index contributed by atoms with van der Waals surface area (Å²) in [5.41, 5.74) is 1.73. The van der Waals surface area contributed by atoms with Crippen LogP contribution < -0.4 is 14.4 Å². The van der Waals surface area contributed by atoms with E-state index in [0.717, 1.165) is 0 Å². The number of nitrogens with zero attached hydrogens (tertiary/aromatic N) is 1. The SMILES string of the molecule is CC(C)(C)CN1C(=O)C(CC(=O)O)OC(c2cccc3c2OCO3)c2cc(Cl)ccc21. The van der Waals surface area contributed by atoms with Crippen LogP contribution in [0.5, 0.6) is 11.5 Å². The molecule has 31 heavy (non-hydrogen) atoms. The van der Waals surface area contributed by atoms with Gasteiger partial charge in [-0.15, -0.1) is 0 Å². The number of anilines is 1. The van der Waals surface area contributed by atoms with Crippen LogP contribution in [-0.4, -0.2) is 36.4 Å². The molecule has 0 saturated carbocycles. The third kappa shape index (κ3) is 4.34. The van der Waals surface area contributed by atoms with Crippen LogP contribution in [0.4, 0.5) is 5.69 Å². The van der Waals surface area contributed by atoms with Gasteiger partial charge in [0.05, 0.1) is 6.42 Å². The Morgan fingerprint density at radius 2 is 1.97 bits per heavy atom. The number of fused-ring (bicyclic) bond motifs is 2. The summed E-state index contributed by atoms with van der Waals surface area (Å²) >= 11 is 6.33. The van der Waals surface area contributed by atoms with E-state index in [2.05, 4.69) is 0 Å². The molecule has 0 aliphatic carbocycles. The minimum absolute atomic E-state index is 0.0785. The van der Waals surface area contributed by atoms with Crippen LogP contribution in [0.1, 0.15) is 44.4 Å². The number of hydrogen-bond donors (Lipinski definition) is 1. The second kappa shape index (κ2) is 8.05. The van der Waals surface area contributed by atoms with Gasteiger partial charge in [-0.1, -0.05) is 44.5 Å². The average Bonchev–Trinajstić information content (AvgIpc) is 3.13. The van der Waals surface area contributed by atoms with Gasteiger partial charge in [-0.2, -0.15) is 0 Å². The molecule has 0 spiro atoms. The number of ether oxygens (including phenoxy) is 3. The van der Waals surface area contributed by atoms with Crippen molar-refractivity contribution < 1.29 is 28.9 Å². The Morgan fingerprint density at radius 1 is 1.19 bits per heavy atom. The number of carboxylic acid groups (broad SMARTS) is 1. The number of para-hydroxylation sites is 1. The van der Waals surface area contributed by atoms with Gasteiger partial charge in [-0.3, -0.25) is 9.59 Å². The van der Waals surface area contributed by atoms with Crippen LogP contribution in [-0.2, 0) is 14.3 Å². The van der Waals surface area contributed by atoms with Crippen LogP contribution in [0.15, 0.2) is 36.4 Å². The van der Waals surface area contributed by atoms with E-state index in [1.165, 1.54) is 0 Å². The van der Waals surface area contributed by atoms with Crippen molar-refractivity contribution in [3.8, 4) is 11.5 Å². The highest BCUT2D eigenvalue weighted by atomic mass is 35.5. The minimum Gasteiger partial charge on any atom is -0.481 e. The number of halogens is 1. The fourth-order valence-corrected chi connectivity index (χ4v) is 4.08. The van der Waals surface area contributed by atoms with E-state index in [-0.39, 0.29) is 12.2 Å². The Hall–Kier alpha value is -2.77. The molecule has 0 radical (unpaired) electrons. The summed E-state index contributed by atoms with van der Waals surface area (Å²) in [6.07, 6.45) is -2.39. The predicted octanol–water partition coefficient (Wildman–Crippen LogP) is 4.41. The Bertz CT molecular complexity index is 1030. The summed E-state index contributed by atoms with van der Waals surface area (Å²) in [6.45, 7) is 6.51. The zero-order valence-corrected chi connectivity index (χ0v) is 18.3. The summed E-state index contributed by atoms with van der Waals surface area (Å²) in [7, 11) is 0. The van der Waals surface area contributed by atoms with Crippen molar-refractivity contribution in [3.05, 3.63) is 52.5 Å². The van der Waals surface area contributed by atoms with Crippen molar-refractivity contribution in [2.45, 2.75) is 39.4 Å². The smallest absolute Gasteiger partial charge is 0.306 e. The largest absolute Gasteiger partial charge is 0.481 e. The topological polar surface area (TPSA) is 85.3 Å². The lowest BCUT2D eigenvalue weighted by Gasteiger charge is -2.31. The van der Waals surface area contributed by atoms with Gasteiger partial charge >= 0.3 is 5.97 Å². The van der Waals surface area contributed by atoms with Gasteiger partial charge in [0, 0.05) is 28.4 Å². The second-order valence-corrected chi connectivity index (χ2v) is 9.31. The van der Waals surface area contributed by atoms with Gasteiger partial charge in [-0.05, 0) is 29.7 Å². The number of rotatable bonds is 4. The quantitative estimate of drug-likeness (QED) is 0.750.